The monoisotopic (exact) mass is 368 g/mol. The maximum absolute atomic E-state index is 13.3. The number of aromatic nitrogens is 4. The van der Waals surface area contributed by atoms with Gasteiger partial charge in [-0.3, -0.25) is 0 Å². The number of imidazole rings is 1. The zero-order valence-corrected chi connectivity index (χ0v) is 14.8. The molecule has 1 saturated heterocycles. The molecule has 8 heteroatoms. The van der Waals surface area contributed by atoms with Gasteiger partial charge in [-0.15, -0.1) is 0 Å². The molecule has 0 unspecified atom stereocenters. The molecule has 0 saturated carbocycles. The molecule has 3 aromatic rings. The second-order valence-corrected chi connectivity index (χ2v) is 6.82. The molecule has 0 spiro atoms. The highest BCUT2D eigenvalue weighted by molar-refractivity contribution is 5.76. The van der Waals surface area contributed by atoms with Crippen LogP contribution >= 0.6 is 0 Å². The number of nitrogens with two attached hydrogens (primary N) is 1. The summed E-state index contributed by atoms with van der Waals surface area (Å²) in [5, 5.41) is 0. The Morgan fingerprint density at radius 2 is 1.89 bits per heavy atom. The number of H-pyrrole nitrogens is 1. The maximum atomic E-state index is 13.3. The Kier molecular flexibility index (Phi) is 4.47. The molecule has 139 valence electrons. The minimum atomic E-state index is -0.671. The summed E-state index contributed by atoms with van der Waals surface area (Å²) in [6.45, 7) is 6.31. The summed E-state index contributed by atoms with van der Waals surface area (Å²) in [7, 11) is 0. The molecule has 0 bridgehead atoms. The van der Waals surface area contributed by atoms with Crippen molar-refractivity contribution < 1.29 is 13.9 Å². The van der Waals surface area contributed by atoms with Crippen LogP contribution in [0.2, 0.25) is 0 Å². The second-order valence-electron chi connectivity index (χ2n) is 6.82. The predicted molar refractivity (Wildman–Crippen MR) is 96.7 cm³/mol. The fraction of sp³-hybridized carbons (Fsp3) is 0.263. The first-order chi connectivity index (χ1) is 12.9. The van der Waals surface area contributed by atoms with Gasteiger partial charge in [0.15, 0.2) is 5.82 Å². The molecular formula is C19H19FN5O2. The minimum absolute atomic E-state index is 0.320. The molecule has 1 radical (unpaired) electrons. The van der Waals surface area contributed by atoms with Gasteiger partial charge in [0.05, 0.1) is 35.8 Å². The lowest BCUT2D eigenvalue weighted by Crippen LogP contribution is -2.50. The molecule has 7 nitrogen and oxygen atoms in total. The highest BCUT2D eigenvalue weighted by atomic mass is 19.1. The van der Waals surface area contributed by atoms with Gasteiger partial charge in [0.25, 0.3) is 0 Å². The van der Waals surface area contributed by atoms with Crippen LogP contribution < -0.4 is 5.73 Å². The first-order valence-electron chi connectivity index (χ1n) is 8.45. The van der Waals surface area contributed by atoms with Crippen molar-refractivity contribution in [2.45, 2.75) is 18.8 Å². The van der Waals surface area contributed by atoms with Gasteiger partial charge in [-0.05, 0) is 37.3 Å². The normalized spacial score (nSPS) is 22.7. The van der Waals surface area contributed by atoms with Gasteiger partial charge in [0.1, 0.15) is 11.6 Å². The maximum Gasteiger partial charge on any atom is 0.217 e. The van der Waals surface area contributed by atoms with Gasteiger partial charge in [0.2, 0.25) is 6.29 Å². The molecule has 0 atom stereocenters. The number of rotatable bonds is 3. The molecular weight excluding hydrogens is 349 g/mol. The lowest BCUT2D eigenvalue weighted by Gasteiger charge is -2.33. The smallest absolute Gasteiger partial charge is 0.217 e. The van der Waals surface area contributed by atoms with Crippen molar-refractivity contribution in [3.05, 3.63) is 60.9 Å². The van der Waals surface area contributed by atoms with Crippen molar-refractivity contribution in [1.29, 1.82) is 0 Å². The van der Waals surface area contributed by atoms with Crippen molar-refractivity contribution in [2.75, 3.05) is 13.2 Å². The SMILES string of the molecule is [CH2]c1nccc(-c2[nH]c(C3OCC(C)(N)CO3)nc2-c2ccc(F)cc2)n1. The molecule has 2 aromatic heterocycles. The van der Waals surface area contributed by atoms with E-state index in [2.05, 4.69) is 26.9 Å². The molecule has 3 N–H and O–H groups in total. The van der Waals surface area contributed by atoms with Crippen LogP contribution in [0, 0.1) is 12.7 Å². The van der Waals surface area contributed by atoms with Crippen LogP contribution in [-0.4, -0.2) is 38.7 Å². The van der Waals surface area contributed by atoms with E-state index >= 15 is 0 Å². The zero-order valence-electron chi connectivity index (χ0n) is 14.8. The van der Waals surface area contributed by atoms with Gasteiger partial charge in [0, 0.05) is 18.7 Å². The fourth-order valence-electron chi connectivity index (χ4n) is 2.82. The van der Waals surface area contributed by atoms with E-state index < -0.39 is 11.8 Å². The Balaban J connectivity index is 1.76. The van der Waals surface area contributed by atoms with E-state index in [1.807, 2.05) is 6.92 Å². The van der Waals surface area contributed by atoms with Gasteiger partial charge >= 0.3 is 0 Å². The van der Waals surface area contributed by atoms with E-state index in [1.165, 1.54) is 12.1 Å². The van der Waals surface area contributed by atoms with Crippen molar-refractivity contribution in [3.8, 4) is 22.6 Å². The number of aromatic amines is 1. The van der Waals surface area contributed by atoms with Crippen LogP contribution in [0.4, 0.5) is 4.39 Å². The molecule has 4 rings (SSSR count). The third-order valence-corrected chi connectivity index (χ3v) is 4.15. The summed E-state index contributed by atoms with van der Waals surface area (Å²) in [5.74, 6) is 0.557. The molecule has 1 aromatic carbocycles. The van der Waals surface area contributed by atoms with Gasteiger partial charge < -0.3 is 20.2 Å². The Morgan fingerprint density at radius 3 is 2.56 bits per heavy atom. The van der Waals surface area contributed by atoms with E-state index in [1.54, 1.807) is 24.4 Å². The topological polar surface area (TPSA) is 98.9 Å². The standard InChI is InChI=1S/C19H19FN5O2/c1-11-22-8-7-14(23-11)16-15(12-3-5-13(20)6-4-12)24-17(25-16)18-26-9-19(2,21)10-27-18/h3-8,18H,1,9-10,21H2,2H3,(H,24,25). The molecule has 1 fully saturated rings. The predicted octanol–water partition coefficient (Wildman–Crippen LogP) is 2.62. The largest absolute Gasteiger partial charge is 0.344 e. The van der Waals surface area contributed by atoms with Gasteiger partial charge in [-0.1, -0.05) is 0 Å². The zero-order chi connectivity index (χ0) is 19.0. The number of hydrogen-bond donors (Lipinski definition) is 2. The number of nitrogens with zero attached hydrogens (tertiary/aromatic N) is 3. The van der Waals surface area contributed by atoms with Crippen molar-refractivity contribution in [3.63, 3.8) is 0 Å². The lowest BCUT2D eigenvalue weighted by molar-refractivity contribution is -0.211. The van der Waals surface area contributed by atoms with Crippen LogP contribution in [0.15, 0.2) is 36.5 Å². The summed E-state index contributed by atoms with van der Waals surface area (Å²) >= 11 is 0. The molecule has 3 heterocycles. The number of nitrogens with one attached hydrogen (secondary N) is 1. The minimum Gasteiger partial charge on any atom is -0.344 e. The van der Waals surface area contributed by atoms with Crippen LogP contribution in [0.3, 0.4) is 0 Å². The summed E-state index contributed by atoms with van der Waals surface area (Å²) in [6, 6.07) is 7.83. The molecule has 1 aliphatic rings. The third kappa shape index (κ3) is 3.73. The Morgan fingerprint density at radius 1 is 1.19 bits per heavy atom. The second kappa shape index (κ2) is 6.80. The molecule has 27 heavy (non-hydrogen) atoms. The Bertz CT molecular complexity index is 945. The Labute approximate surface area is 155 Å². The lowest BCUT2D eigenvalue weighted by atomic mass is 10.1. The third-order valence-electron chi connectivity index (χ3n) is 4.15. The number of halogens is 1. The van der Waals surface area contributed by atoms with E-state index in [9.17, 15) is 4.39 Å². The molecule has 1 aliphatic heterocycles. The van der Waals surface area contributed by atoms with Crippen LogP contribution in [-0.2, 0) is 9.47 Å². The van der Waals surface area contributed by atoms with Crippen molar-refractivity contribution in [2.24, 2.45) is 5.73 Å². The molecule has 0 aliphatic carbocycles. The quantitative estimate of drug-likeness (QED) is 0.737. The van der Waals surface area contributed by atoms with E-state index in [4.69, 9.17) is 15.2 Å². The fourth-order valence-corrected chi connectivity index (χ4v) is 2.82. The van der Waals surface area contributed by atoms with Crippen LogP contribution in [0.25, 0.3) is 22.6 Å². The summed E-state index contributed by atoms with van der Waals surface area (Å²) < 4.78 is 24.8. The van der Waals surface area contributed by atoms with E-state index in [0.29, 0.717) is 41.9 Å². The van der Waals surface area contributed by atoms with Crippen molar-refractivity contribution in [1.82, 2.24) is 19.9 Å². The van der Waals surface area contributed by atoms with Gasteiger partial charge in [-0.25, -0.2) is 19.3 Å². The number of benzene rings is 1. The van der Waals surface area contributed by atoms with Crippen molar-refractivity contribution >= 4 is 0 Å². The number of hydrogen-bond acceptors (Lipinski definition) is 6. The highest BCUT2D eigenvalue weighted by Gasteiger charge is 2.32. The molecule has 0 amide bonds. The van der Waals surface area contributed by atoms with E-state index in [0.717, 1.165) is 5.56 Å². The first kappa shape index (κ1) is 17.7. The Hall–Kier alpha value is -2.68. The summed E-state index contributed by atoms with van der Waals surface area (Å²) in [6.07, 6.45) is 0.947. The van der Waals surface area contributed by atoms with Crippen LogP contribution in [0.1, 0.15) is 24.9 Å². The number of ether oxygens (including phenoxy) is 2. The summed E-state index contributed by atoms with van der Waals surface area (Å²) in [4.78, 5) is 16.2. The van der Waals surface area contributed by atoms with Crippen LogP contribution in [0.5, 0.6) is 0 Å². The summed E-state index contributed by atoms with van der Waals surface area (Å²) in [5.41, 5.74) is 8.10. The average molecular weight is 368 g/mol. The average Bonchev–Trinajstić information content (AvgIpc) is 3.07. The van der Waals surface area contributed by atoms with E-state index in [-0.39, 0.29) is 5.82 Å². The van der Waals surface area contributed by atoms with Gasteiger partial charge in [-0.2, -0.15) is 0 Å². The first-order valence-corrected chi connectivity index (χ1v) is 8.45. The highest BCUT2D eigenvalue weighted by Crippen LogP contribution is 2.33.